The van der Waals surface area contributed by atoms with Crippen molar-refractivity contribution in [1.29, 1.82) is 0 Å². The van der Waals surface area contributed by atoms with Crippen LogP contribution in [0.25, 0.3) is 16.6 Å². The van der Waals surface area contributed by atoms with E-state index in [1.807, 2.05) is 36.4 Å². The summed E-state index contributed by atoms with van der Waals surface area (Å²) in [5.74, 6) is 0. The molecule has 0 radical (unpaired) electrons. The lowest BCUT2D eigenvalue weighted by atomic mass is 10.2. The van der Waals surface area contributed by atoms with Crippen LogP contribution < -0.4 is 0 Å². The molecule has 0 spiro atoms. The Hall–Kier alpha value is -1.25. The van der Waals surface area contributed by atoms with Gasteiger partial charge in [-0.05, 0) is 46.3 Å². The number of benzene rings is 2. The Morgan fingerprint density at radius 1 is 1.00 bits per heavy atom. The lowest BCUT2D eigenvalue weighted by Crippen LogP contribution is -1.90. The third-order valence-corrected chi connectivity index (χ3v) is 3.62. The SMILES string of the molecule is Clc1ccc2c(c1)c(Br)cn2-c1ccccc1. The van der Waals surface area contributed by atoms with Crippen LogP contribution >= 0.6 is 27.5 Å². The molecule has 0 fully saturated rings. The van der Waals surface area contributed by atoms with Gasteiger partial charge in [-0.2, -0.15) is 0 Å². The third kappa shape index (κ3) is 1.88. The minimum absolute atomic E-state index is 0.754. The van der Waals surface area contributed by atoms with Crippen LogP contribution in [0.1, 0.15) is 0 Å². The molecule has 0 saturated heterocycles. The summed E-state index contributed by atoms with van der Waals surface area (Å²) in [5.41, 5.74) is 2.29. The van der Waals surface area contributed by atoms with Gasteiger partial charge in [0.05, 0.1) is 5.52 Å². The minimum atomic E-state index is 0.754. The van der Waals surface area contributed by atoms with Crippen molar-refractivity contribution in [3.63, 3.8) is 0 Å². The summed E-state index contributed by atoms with van der Waals surface area (Å²) >= 11 is 9.59. The van der Waals surface area contributed by atoms with Crippen LogP contribution in [0.5, 0.6) is 0 Å². The summed E-state index contributed by atoms with van der Waals surface area (Å²) in [7, 11) is 0. The Morgan fingerprint density at radius 3 is 2.53 bits per heavy atom. The molecule has 1 heterocycles. The lowest BCUT2D eigenvalue weighted by molar-refractivity contribution is 1.12. The molecule has 0 aliphatic rings. The zero-order valence-electron chi connectivity index (χ0n) is 8.90. The first kappa shape index (κ1) is 10.9. The van der Waals surface area contributed by atoms with E-state index in [2.05, 4.69) is 38.8 Å². The lowest BCUT2D eigenvalue weighted by Gasteiger charge is -2.04. The van der Waals surface area contributed by atoms with Crippen LogP contribution in [0.15, 0.2) is 59.2 Å². The fourth-order valence-electron chi connectivity index (χ4n) is 1.96. The molecule has 0 bridgehead atoms. The number of para-hydroxylation sites is 1. The Morgan fingerprint density at radius 2 is 1.76 bits per heavy atom. The van der Waals surface area contributed by atoms with Gasteiger partial charge in [-0.15, -0.1) is 0 Å². The number of rotatable bonds is 1. The molecule has 84 valence electrons. The maximum Gasteiger partial charge on any atom is 0.0541 e. The van der Waals surface area contributed by atoms with Crippen molar-refractivity contribution in [2.24, 2.45) is 0 Å². The highest BCUT2D eigenvalue weighted by atomic mass is 79.9. The predicted molar refractivity (Wildman–Crippen MR) is 76.0 cm³/mol. The minimum Gasteiger partial charge on any atom is -0.315 e. The fraction of sp³-hybridized carbons (Fsp3) is 0. The summed E-state index contributed by atoms with van der Waals surface area (Å²) in [6, 6.07) is 16.2. The summed E-state index contributed by atoms with van der Waals surface area (Å²) in [5, 5.41) is 1.88. The van der Waals surface area contributed by atoms with Crippen molar-refractivity contribution >= 4 is 38.4 Å². The van der Waals surface area contributed by atoms with Gasteiger partial charge < -0.3 is 4.57 Å². The summed E-state index contributed by atoms with van der Waals surface area (Å²) in [4.78, 5) is 0. The van der Waals surface area contributed by atoms with Crippen molar-refractivity contribution in [3.05, 3.63) is 64.2 Å². The van der Waals surface area contributed by atoms with Gasteiger partial charge in [0.25, 0.3) is 0 Å². The van der Waals surface area contributed by atoms with E-state index in [0.717, 1.165) is 26.1 Å². The highest BCUT2D eigenvalue weighted by Gasteiger charge is 2.07. The Bertz CT molecular complexity index is 673. The molecule has 0 amide bonds. The number of nitrogens with zero attached hydrogens (tertiary/aromatic N) is 1. The molecule has 0 atom stereocenters. The molecule has 0 aliphatic heterocycles. The zero-order chi connectivity index (χ0) is 11.8. The molecule has 3 heteroatoms. The van der Waals surface area contributed by atoms with E-state index in [-0.39, 0.29) is 0 Å². The van der Waals surface area contributed by atoms with Crippen molar-refractivity contribution in [2.75, 3.05) is 0 Å². The highest BCUT2D eigenvalue weighted by Crippen LogP contribution is 2.30. The molecule has 0 saturated carbocycles. The molecular formula is C14H9BrClN. The zero-order valence-corrected chi connectivity index (χ0v) is 11.2. The van der Waals surface area contributed by atoms with Gasteiger partial charge in [0.15, 0.2) is 0 Å². The van der Waals surface area contributed by atoms with Gasteiger partial charge in [-0.25, -0.2) is 0 Å². The van der Waals surface area contributed by atoms with Crippen molar-refractivity contribution < 1.29 is 0 Å². The predicted octanol–water partition coefficient (Wildman–Crippen LogP) is 5.05. The highest BCUT2D eigenvalue weighted by molar-refractivity contribution is 9.10. The number of halogens is 2. The largest absolute Gasteiger partial charge is 0.315 e. The molecule has 1 aromatic heterocycles. The van der Waals surface area contributed by atoms with Gasteiger partial charge in [0.2, 0.25) is 0 Å². The first-order valence-corrected chi connectivity index (χ1v) is 6.44. The van der Waals surface area contributed by atoms with Gasteiger partial charge >= 0.3 is 0 Å². The average molecular weight is 307 g/mol. The molecule has 2 aromatic carbocycles. The Labute approximate surface area is 113 Å². The van der Waals surface area contributed by atoms with Crippen molar-refractivity contribution in [3.8, 4) is 5.69 Å². The molecule has 3 rings (SSSR count). The number of hydrogen-bond acceptors (Lipinski definition) is 0. The number of hydrogen-bond donors (Lipinski definition) is 0. The standard InChI is InChI=1S/C14H9BrClN/c15-13-9-17(11-4-2-1-3-5-11)14-7-6-10(16)8-12(13)14/h1-9H. The first-order chi connectivity index (χ1) is 8.25. The van der Waals surface area contributed by atoms with Crippen LogP contribution in [0.4, 0.5) is 0 Å². The maximum absolute atomic E-state index is 6.02. The normalized spacial score (nSPS) is 10.9. The molecule has 17 heavy (non-hydrogen) atoms. The first-order valence-electron chi connectivity index (χ1n) is 5.27. The summed E-state index contributed by atoms with van der Waals surface area (Å²) in [6.07, 6.45) is 2.07. The van der Waals surface area contributed by atoms with Crippen molar-refractivity contribution in [2.45, 2.75) is 0 Å². The van der Waals surface area contributed by atoms with E-state index in [9.17, 15) is 0 Å². The topological polar surface area (TPSA) is 4.93 Å². The fourth-order valence-corrected chi connectivity index (χ4v) is 2.66. The van der Waals surface area contributed by atoms with Gasteiger partial charge in [-0.3, -0.25) is 0 Å². The number of aromatic nitrogens is 1. The smallest absolute Gasteiger partial charge is 0.0541 e. The third-order valence-electron chi connectivity index (χ3n) is 2.75. The molecule has 0 aliphatic carbocycles. The second kappa shape index (κ2) is 4.21. The maximum atomic E-state index is 6.02. The van der Waals surface area contributed by atoms with Gasteiger partial charge in [-0.1, -0.05) is 29.8 Å². The van der Waals surface area contributed by atoms with E-state index in [4.69, 9.17) is 11.6 Å². The summed E-state index contributed by atoms with van der Waals surface area (Å²) in [6.45, 7) is 0. The monoisotopic (exact) mass is 305 g/mol. The van der Waals surface area contributed by atoms with E-state index >= 15 is 0 Å². The molecular weight excluding hydrogens is 298 g/mol. The van der Waals surface area contributed by atoms with Crippen LogP contribution in [0.2, 0.25) is 5.02 Å². The molecule has 0 N–H and O–H groups in total. The Balaban J connectivity index is 2.32. The summed E-state index contributed by atoms with van der Waals surface area (Å²) < 4.78 is 3.20. The molecule has 1 nitrogen and oxygen atoms in total. The second-order valence-electron chi connectivity index (χ2n) is 3.84. The number of fused-ring (bicyclic) bond motifs is 1. The molecule has 3 aromatic rings. The van der Waals surface area contributed by atoms with Crippen molar-refractivity contribution in [1.82, 2.24) is 4.57 Å². The quantitative estimate of drug-likeness (QED) is 0.593. The van der Waals surface area contributed by atoms with Crippen LogP contribution in [-0.2, 0) is 0 Å². The van der Waals surface area contributed by atoms with Crippen LogP contribution in [0.3, 0.4) is 0 Å². The van der Waals surface area contributed by atoms with E-state index < -0.39 is 0 Å². The van der Waals surface area contributed by atoms with Crippen LogP contribution in [0, 0.1) is 0 Å². The average Bonchev–Trinajstić information content (AvgIpc) is 2.68. The second-order valence-corrected chi connectivity index (χ2v) is 5.13. The van der Waals surface area contributed by atoms with E-state index in [0.29, 0.717) is 0 Å². The van der Waals surface area contributed by atoms with Gasteiger partial charge in [0, 0.05) is 26.8 Å². The Kier molecular flexibility index (Phi) is 2.69. The van der Waals surface area contributed by atoms with Crippen LogP contribution in [-0.4, -0.2) is 4.57 Å². The van der Waals surface area contributed by atoms with Gasteiger partial charge in [0.1, 0.15) is 0 Å². The molecule has 0 unspecified atom stereocenters. The van der Waals surface area contributed by atoms with E-state index in [1.54, 1.807) is 0 Å². The van der Waals surface area contributed by atoms with E-state index in [1.165, 1.54) is 0 Å².